The maximum Gasteiger partial charge on any atom is 0.268 e. The number of amides is 1. The summed E-state index contributed by atoms with van der Waals surface area (Å²) in [6.07, 6.45) is 3.87. The highest BCUT2D eigenvalue weighted by Gasteiger charge is 2.27. The second kappa shape index (κ2) is 7.60. The highest BCUT2D eigenvalue weighted by molar-refractivity contribution is 5.95. The number of benzene rings is 1. The Morgan fingerprint density at radius 3 is 2.50 bits per heavy atom. The predicted molar refractivity (Wildman–Crippen MR) is 98.4 cm³/mol. The Kier molecular flexibility index (Phi) is 5.44. The Morgan fingerprint density at radius 1 is 1.19 bits per heavy atom. The third-order valence-electron chi connectivity index (χ3n) is 5.11. The van der Waals surface area contributed by atoms with E-state index in [1.807, 2.05) is 25.3 Å². The number of rotatable bonds is 5. The van der Waals surface area contributed by atoms with Gasteiger partial charge in [-0.1, -0.05) is 19.9 Å². The van der Waals surface area contributed by atoms with Gasteiger partial charge in [-0.2, -0.15) is 0 Å². The molecule has 3 rings (SSSR count). The molecule has 0 saturated carbocycles. The number of nitrogens with one attached hydrogen (secondary N) is 1. The van der Waals surface area contributed by atoms with Crippen molar-refractivity contribution in [2.75, 3.05) is 6.54 Å². The van der Waals surface area contributed by atoms with E-state index >= 15 is 0 Å². The van der Waals surface area contributed by atoms with Gasteiger partial charge in [-0.05, 0) is 61.8 Å². The fraction of sp³-hybridized carbons (Fsp3) is 0.476. The summed E-state index contributed by atoms with van der Waals surface area (Å²) in [6, 6.07) is 3.89. The topological polar surface area (TPSA) is 34.0 Å². The van der Waals surface area contributed by atoms with Crippen molar-refractivity contribution in [2.45, 2.75) is 53.0 Å². The molecular formula is C21H26F2N2O. The van der Waals surface area contributed by atoms with E-state index in [9.17, 15) is 13.6 Å². The number of carbonyl (C=O) groups excluding carboxylic acids is 1. The Balaban J connectivity index is 2.06. The molecule has 1 heterocycles. The lowest BCUT2D eigenvalue weighted by Gasteiger charge is -2.18. The summed E-state index contributed by atoms with van der Waals surface area (Å²) in [5.74, 6) is -0.979. The Labute approximate surface area is 153 Å². The van der Waals surface area contributed by atoms with Crippen LogP contribution in [0.2, 0.25) is 0 Å². The predicted octanol–water partition coefficient (Wildman–Crippen LogP) is 4.39. The van der Waals surface area contributed by atoms with Gasteiger partial charge in [-0.15, -0.1) is 0 Å². The Bertz CT molecular complexity index is 804. The highest BCUT2D eigenvalue weighted by atomic mass is 19.1. The van der Waals surface area contributed by atoms with Crippen LogP contribution in [-0.2, 0) is 19.4 Å². The fourth-order valence-corrected chi connectivity index (χ4v) is 3.76. The van der Waals surface area contributed by atoms with Crippen molar-refractivity contribution >= 4 is 5.91 Å². The van der Waals surface area contributed by atoms with Crippen LogP contribution in [0.3, 0.4) is 0 Å². The van der Waals surface area contributed by atoms with E-state index in [-0.39, 0.29) is 18.0 Å². The van der Waals surface area contributed by atoms with Gasteiger partial charge in [0.2, 0.25) is 0 Å². The summed E-state index contributed by atoms with van der Waals surface area (Å²) in [5, 5.41) is 2.96. The average Bonchev–Trinajstić information content (AvgIpc) is 2.89. The second-order valence-electron chi connectivity index (χ2n) is 7.50. The minimum atomic E-state index is -0.575. The van der Waals surface area contributed by atoms with Crippen molar-refractivity contribution in [1.82, 2.24) is 9.88 Å². The zero-order chi connectivity index (χ0) is 18.8. The fourth-order valence-electron chi connectivity index (χ4n) is 3.76. The van der Waals surface area contributed by atoms with E-state index in [4.69, 9.17) is 0 Å². The molecule has 1 N–H and O–H groups in total. The van der Waals surface area contributed by atoms with Gasteiger partial charge in [0.25, 0.3) is 5.91 Å². The molecule has 26 heavy (non-hydrogen) atoms. The van der Waals surface area contributed by atoms with Crippen LogP contribution < -0.4 is 5.32 Å². The van der Waals surface area contributed by atoms with E-state index in [0.29, 0.717) is 18.2 Å². The first-order chi connectivity index (χ1) is 12.4. The molecule has 0 aliphatic heterocycles. The van der Waals surface area contributed by atoms with Gasteiger partial charge in [0.15, 0.2) is 0 Å². The second-order valence-corrected chi connectivity index (χ2v) is 7.50. The molecule has 0 atom stereocenters. The standard InChI is InChI=1S/C21H26F2N2O/c1-13(2)11-24-21(26)20-14(3)15-7-4-5-10-19(15)25(20)12-16-17(22)8-6-9-18(16)23/h6,8-9,13H,4-5,7,10-12H2,1-3H3,(H,24,26). The molecule has 1 aliphatic carbocycles. The monoisotopic (exact) mass is 360 g/mol. The lowest BCUT2D eigenvalue weighted by molar-refractivity contribution is 0.0939. The maximum atomic E-state index is 14.2. The smallest absolute Gasteiger partial charge is 0.268 e. The summed E-state index contributed by atoms with van der Waals surface area (Å²) < 4.78 is 30.2. The molecule has 1 aromatic carbocycles. The number of carbonyl (C=O) groups is 1. The van der Waals surface area contributed by atoms with Gasteiger partial charge >= 0.3 is 0 Å². The number of hydrogen-bond donors (Lipinski definition) is 1. The molecule has 0 bridgehead atoms. The first-order valence-electron chi connectivity index (χ1n) is 9.32. The van der Waals surface area contributed by atoms with E-state index in [1.54, 1.807) is 0 Å². The normalized spacial score (nSPS) is 13.8. The molecule has 0 spiro atoms. The van der Waals surface area contributed by atoms with Gasteiger partial charge in [0, 0.05) is 17.8 Å². The number of halogens is 2. The van der Waals surface area contributed by atoms with Gasteiger partial charge < -0.3 is 9.88 Å². The van der Waals surface area contributed by atoms with Gasteiger partial charge in [0.1, 0.15) is 17.3 Å². The van der Waals surface area contributed by atoms with Crippen LogP contribution in [0.15, 0.2) is 18.2 Å². The molecule has 0 saturated heterocycles. The third kappa shape index (κ3) is 3.53. The van der Waals surface area contributed by atoms with E-state index < -0.39 is 11.6 Å². The third-order valence-corrected chi connectivity index (χ3v) is 5.11. The van der Waals surface area contributed by atoms with Crippen molar-refractivity contribution in [3.63, 3.8) is 0 Å². The largest absolute Gasteiger partial charge is 0.350 e. The van der Waals surface area contributed by atoms with Crippen LogP contribution in [0.25, 0.3) is 0 Å². The van der Waals surface area contributed by atoms with E-state index in [2.05, 4.69) is 5.32 Å². The van der Waals surface area contributed by atoms with Crippen LogP contribution in [0, 0.1) is 24.5 Å². The zero-order valence-electron chi connectivity index (χ0n) is 15.7. The molecule has 0 unspecified atom stereocenters. The van der Waals surface area contributed by atoms with Crippen LogP contribution >= 0.6 is 0 Å². The average molecular weight is 360 g/mol. The summed E-state index contributed by atoms with van der Waals surface area (Å²) in [7, 11) is 0. The molecule has 5 heteroatoms. The molecule has 140 valence electrons. The summed E-state index contributed by atoms with van der Waals surface area (Å²) in [5.41, 5.74) is 3.71. The lowest BCUT2D eigenvalue weighted by Crippen LogP contribution is -2.30. The van der Waals surface area contributed by atoms with Crippen molar-refractivity contribution in [1.29, 1.82) is 0 Å². The highest BCUT2D eigenvalue weighted by Crippen LogP contribution is 2.31. The van der Waals surface area contributed by atoms with Crippen LogP contribution in [0.1, 0.15) is 59.6 Å². The molecule has 3 nitrogen and oxygen atoms in total. The Hall–Kier alpha value is -2.17. The SMILES string of the molecule is Cc1c2c(n(Cc3c(F)cccc3F)c1C(=O)NCC(C)C)CCCC2. The first-order valence-corrected chi connectivity index (χ1v) is 9.32. The molecule has 0 radical (unpaired) electrons. The zero-order valence-corrected chi connectivity index (χ0v) is 15.7. The van der Waals surface area contributed by atoms with Crippen molar-refractivity contribution in [2.24, 2.45) is 5.92 Å². The maximum absolute atomic E-state index is 14.2. The van der Waals surface area contributed by atoms with Crippen LogP contribution in [-0.4, -0.2) is 17.0 Å². The number of nitrogens with zero attached hydrogens (tertiary/aromatic N) is 1. The molecule has 1 amide bonds. The van der Waals surface area contributed by atoms with E-state index in [0.717, 1.165) is 36.9 Å². The van der Waals surface area contributed by atoms with Crippen molar-refractivity contribution < 1.29 is 13.6 Å². The lowest BCUT2D eigenvalue weighted by atomic mass is 9.95. The minimum Gasteiger partial charge on any atom is -0.350 e. The van der Waals surface area contributed by atoms with Crippen LogP contribution in [0.4, 0.5) is 8.78 Å². The first kappa shape index (κ1) is 18.6. The summed E-state index contributed by atoms with van der Waals surface area (Å²) in [4.78, 5) is 12.8. The van der Waals surface area contributed by atoms with Gasteiger partial charge in [-0.25, -0.2) is 8.78 Å². The molecule has 2 aromatic rings. The number of aromatic nitrogens is 1. The van der Waals surface area contributed by atoms with Crippen LogP contribution in [0.5, 0.6) is 0 Å². The van der Waals surface area contributed by atoms with Gasteiger partial charge in [-0.3, -0.25) is 4.79 Å². The van der Waals surface area contributed by atoms with E-state index in [1.165, 1.54) is 23.8 Å². The molecule has 0 fully saturated rings. The Morgan fingerprint density at radius 2 is 1.85 bits per heavy atom. The summed E-state index contributed by atoms with van der Waals surface area (Å²) >= 11 is 0. The molecule has 1 aliphatic rings. The quantitative estimate of drug-likeness (QED) is 0.843. The molecular weight excluding hydrogens is 334 g/mol. The minimum absolute atomic E-state index is 0.00813. The molecule has 1 aromatic heterocycles. The summed E-state index contributed by atoms with van der Waals surface area (Å²) in [6.45, 7) is 6.63. The number of hydrogen-bond acceptors (Lipinski definition) is 1. The van der Waals surface area contributed by atoms with Crippen molar-refractivity contribution in [3.05, 3.63) is 57.9 Å². The number of fused-ring (bicyclic) bond motifs is 1. The van der Waals surface area contributed by atoms with Gasteiger partial charge in [0.05, 0.1) is 6.54 Å². The van der Waals surface area contributed by atoms with Crippen molar-refractivity contribution in [3.8, 4) is 0 Å².